The predicted molar refractivity (Wildman–Crippen MR) is 234 cm³/mol. The molecule has 0 aliphatic rings. The maximum Gasteiger partial charge on any atom is 0.488 e. The molecule has 0 saturated carbocycles. The van der Waals surface area contributed by atoms with E-state index in [0.29, 0.717) is 49.1 Å². The zero-order valence-electron chi connectivity index (χ0n) is 31.2. The summed E-state index contributed by atoms with van der Waals surface area (Å²) < 4.78 is 28.0. The lowest BCUT2D eigenvalue weighted by atomic mass is 9.78. The molecule has 0 saturated heterocycles. The largest absolute Gasteiger partial charge is 0.488 e. The zero-order valence-corrected chi connectivity index (χ0v) is 34.3. The van der Waals surface area contributed by atoms with Crippen molar-refractivity contribution in [2.24, 2.45) is 0 Å². The molecule has 5 aromatic carbocycles. The summed E-state index contributed by atoms with van der Waals surface area (Å²) in [5.41, 5.74) is 8.01. The number of fused-ring (bicyclic) bond motifs is 2. The number of halogens is 2. The number of hydrogen-bond acceptors (Lipinski definition) is 11. The maximum atomic E-state index is 8.98. The van der Waals surface area contributed by atoms with Crippen molar-refractivity contribution in [2.45, 2.75) is 0 Å². The van der Waals surface area contributed by atoms with Crippen molar-refractivity contribution in [3.8, 4) is 11.1 Å². The minimum Gasteiger partial charge on any atom is -0.437 e. The van der Waals surface area contributed by atoms with E-state index in [2.05, 4.69) is 41.8 Å². The molecule has 11 nitrogen and oxygen atoms in total. The number of methoxy groups -OCH3 is 2. The first-order chi connectivity index (χ1) is 27.6. The Hall–Kier alpha value is -4.67. The Morgan fingerprint density at radius 3 is 1.26 bits per heavy atom. The SMILES string of the molecule is Brc1ccc2oc(C=Cc3ccc(C=Cc4nc5cc(Br)ccc5o4)cc3)nc2c1.COCCOCCOC.OB(O)c1ccc(-c2ccc(B(O)O)cc2)cc1. The minimum atomic E-state index is -1.47. The van der Waals surface area contributed by atoms with Crippen molar-refractivity contribution in [1.29, 1.82) is 0 Å². The number of aromatic nitrogens is 2. The van der Waals surface area contributed by atoms with Crippen LogP contribution < -0.4 is 10.9 Å². The first kappa shape index (κ1) is 43.5. The molecule has 0 atom stereocenters. The highest BCUT2D eigenvalue weighted by Crippen LogP contribution is 2.23. The van der Waals surface area contributed by atoms with E-state index in [-0.39, 0.29) is 0 Å². The van der Waals surface area contributed by atoms with Gasteiger partial charge < -0.3 is 43.1 Å². The molecule has 292 valence electrons. The summed E-state index contributed by atoms with van der Waals surface area (Å²) in [6.45, 7) is 2.62. The third-order valence-electron chi connectivity index (χ3n) is 8.12. The Bertz CT molecular complexity index is 2180. The highest BCUT2D eigenvalue weighted by molar-refractivity contribution is 9.10. The summed E-state index contributed by atoms with van der Waals surface area (Å²) in [6, 6.07) is 33.4. The van der Waals surface area contributed by atoms with Crippen LogP contribution in [0.5, 0.6) is 0 Å². The molecule has 0 amide bonds. The molecule has 57 heavy (non-hydrogen) atoms. The van der Waals surface area contributed by atoms with Gasteiger partial charge in [0, 0.05) is 35.3 Å². The molecule has 0 spiro atoms. The molecule has 7 aromatic rings. The summed E-state index contributed by atoms with van der Waals surface area (Å²) in [5.74, 6) is 1.16. The van der Waals surface area contributed by atoms with Gasteiger partial charge in [-0.25, -0.2) is 9.97 Å². The Labute approximate surface area is 347 Å². The fraction of sp³-hybridized carbons (Fsp3) is 0.143. The third-order valence-corrected chi connectivity index (χ3v) is 9.11. The van der Waals surface area contributed by atoms with Crippen molar-refractivity contribution >= 4 is 104 Å². The lowest BCUT2D eigenvalue weighted by Gasteiger charge is -2.05. The fourth-order valence-corrected chi connectivity index (χ4v) is 5.81. The average Bonchev–Trinajstić information content (AvgIpc) is 3.83. The van der Waals surface area contributed by atoms with Gasteiger partial charge in [0.2, 0.25) is 11.8 Å². The second-order valence-electron chi connectivity index (χ2n) is 12.3. The summed E-state index contributed by atoms with van der Waals surface area (Å²) in [6.07, 6.45) is 7.70. The number of rotatable bonds is 13. The smallest absolute Gasteiger partial charge is 0.437 e. The van der Waals surface area contributed by atoms with Crippen molar-refractivity contribution in [3.63, 3.8) is 0 Å². The third kappa shape index (κ3) is 13.7. The van der Waals surface area contributed by atoms with Gasteiger partial charge in [0.25, 0.3) is 0 Å². The van der Waals surface area contributed by atoms with Crippen molar-refractivity contribution in [1.82, 2.24) is 9.97 Å². The number of oxazole rings is 2. The maximum absolute atomic E-state index is 8.98. The van der Waals surface area contributed by atoms with Crippen LogP contribution in [0.3, 0.4) is 0 Å². The first-order valence-electron chi connectivity index (χ1n) is 17.7. The van der Waals surface area contributed by atoms with Crippen LogP contribution in [0.15, 0.2) is 127 Å². The molecule has 7 rings (SSSR count). The van der Waals surface area contributed by atoms with E-state index in [1.807, 2.05) is 85.0 Å². The second kappa shape index (κ2) is 22.3. The molecule has 15 heteroatoms. The topological polar surface area (TPSA) is 161 Å². The second-order valence-corrected chi connectivity index (χ2v) is 14.1. The normalized spacial score (nSPS) is 11.2. The lowest BCUT2D eigenvalue weighted by Crippen LogP contribution is -2.29. The molecule has 0 fully saturated rings. The van der Waals surface area contributed by atoms with Gasteiger partial charge in [-0.3, -0.25) is 0 Å². The van der Waals surface area contributed by atoms with Crippen LogP contribution in [-0.4, -0.2) is 84.9 Å². The van der Waals surface area contributed by atoms with Crippen LogP contribution in [0.2, 0.25) is 0 Å². The van der Waals surface area contributed by atoms with Crippen molar-refractivity contribution in [2.75, 3.05) is 40.6 Å². The molecular weight excluding hydrogens is 858 g/mol. The van der Waals surface area contributed by atoms with Gasteiger partial charge in [0.1, 0.15) is 11.0 Å². The van der Waals surface area contributed by atoms with Crippen molar-refractivity contribution in [3.05, 3.63) is 141 Å². The van der Waals surface area contributed by atoms with E-state index in [1.54, 1.807) is 62.8 Å². The van der Waals surface area contributed by atoms with E-state index in [1.165, 1.54) is 0 Å². The molecule has 2 aromatic heterocycles. The Morgan fingerprint density at radius 1 is 0.526 bits per heavy atom. The van der Waals surface area contributed by atoms with E-state index in [0.717, 1.165) is 53.4 Å². The Balaban J connectivity index is 0.000000194. The van der Waals surface area contributed by atoms with E-state index < -0.39 is 14.2 Å². The van der Waals surface area contributed by atoms with Gasteiger partial charge >= 0.3 is 14.2 Å². The minimum absolute atomic E-state index is 0.432. The Kier molecular flexibility index (Phi) is 17.0. The molecule has 4 N–H and O–H groups in total. The molecule has 0 radical (unpaired) electrons. The van der Waals surface area contributed by atoms with Crippen LogP contribution in [0.1, 0.15) is 22.9 Å². The zero-order chi connectivity index (χ0) is 40.6. The molecular formula is C42H40B2Br2N2O9. The summed E-state index contributed by atoms with van der Waals surface area (Å²) in [4.78, 5) is 8.96. The van der Waals surface area contributed by atoms with Crippen molar-refractivity contribution < 1.29 is 43.1 Å². The number of nitrogens with zero attached hydrogens (tertiary/aromatic N) is 2. The monoisotopic (exact) mass is 896 g/mol. The molecule has 0 aliphatic heterocycles. The van der Waals surface area contributed by atoms with Gasteiger partial charge in [0.05, 0.1) is 26.4 Å². The van der Waals surface area contributed by atoms with Crippen LogP contribution in [0, 0.1) is 0 Å². The van der Waals surface area contributed by atoms with Crippen LogP contribution in [-0.2, 0) is 14.2 Å². The van der Waals surface area contributed by atoms with E-state index in [4.69, 9.17) is 43.1 Å². The van der Waals surface area contributed by atoms with Gasteiger partial charge in [-0.1, -0.05) is 105 Å². The molecule has 2 heterocycles. The number of ether oxygens (including phenoxy) is 3. The fourth-order valence-electron chi connectivity index (χ4n) is 5.11. The van der Waals surface area contributed by atoms with Crippen LogP contribution >= 0.6 is 31.9 Å². The van der Waals surface area contributed by atoms with Gasteiger partial charge in [0.15, 0.2) is 11.2 Å². The molecule has 0 aliphatic carbocycles. The summed E-state index contributed by atoms with van der Waals surface area (Å²) in [5, 5.41) is 35.9. The lowest BCUT2D eigenvalue weighted by molar-refractivity contribution is 0.0385. The summed E-state index contributed by atoms with van der Waals surface area (Å²) in [7, 11) is 0.372. The van der Waals surface area contributed by atoms with Gasteiger partial charge in [-0.2, -0.15) is 0 Å². The summed E-state index contributed by atoms with van der Waals surface area (Å²) >= 11 is 6.89. The Morgan fingerprint density at radius 2 is 0.912 bits per heavy atom. The highest BCUT2D eigenvalue weighted by atomic mass is 79.9. The average molecular weight is 898 g/mol. The highest BCUT2D eigenvalue weighted by Gasteiger charge is 2.12. The van der Waals surface area contributed by atoms with Gasteiger partial charge in [-0.05, 0) is 81.7 Å². The van der Waals surface area contributed by atoms with Crippen LogP contribution in [0.25, 0.3) is 57.6 Å². The standard InChI is InChI=1S/C24H14Br2N2O2.C12H12B2O4.C6H14O3/c25-17-7-9-21-19(13-17)27-23(29-21)11-5-15-1-2-16(4-3-15)6-12-24-28-20-14-18(26)8-10-22(20)30-24;15-13(16)11-5-1-9(2-6-11)10-3-7-12(8-4-10)14(17)18;1-7-3-5-9-6-4-8-2/h1-14H;1-8,15-18H;3-6H2,1-2H3. The van der Waals surface area contributed by atoms with Crippen LogP contribution in [0.4, 0.5) is 0 Å². The number of hydrogen-bond donors (Lipinski definition) is 4. The molecule has 0 unspecified atom stereocenters. The van der Waals surface area contributed by atoms with E-state index >= 15 is 0 Å². The van der Waals surface area contributed by atoms with E-state index in [9.17, 15) is 0 Å². The van der Waals surface area contributed by atoms with Gasteiger partial charge in [-0.15, -0.1) is 0 Å². The first-order valence-corrected chi connectivity index (χ1v) is 19.3. The number of benzene rings is 5. The quantitative estimate of drug-likeness (QED) is 0.0709. The molecule has 0 bridgehead atoms. The predicted octanol–water partition coefficient (Wildman–Crippen LogP) is 6.84.